The highest BCUT2D eigenvalue weighted by atomic mass is 16.5. The van der Waals surface area contributed by atoms with Crippen LogP contribution in [0.25, 0.3) is 0 Å². The highest BCUT2D eigenvalue weighted by Gasteiger charge is 2.55. The summed E-state index contributed by atoms with van der Waals surface area (Å²) in [5.74, 6) is -32.9. The Morgan fingerprint density at radius 2 is 0.523 bits per heavy atom. The van der Waals surface area contributed by atoms with Gasteiger partial charge >= 0.3 is 0 Å². The molecule has 5 heterocycles. The predicted molar refractivity (Wildman–Crippen MR) is 359 cm³/mol. The number of hydrogen-bond acceptors (Lipinski definition) is 32. The quantitative estimate of drug-likeness (QED) is 0.0664. The van der Waals surface area contributed by atoms with E-state index in [-0.39, 0.29) is 33.8 Å². The van der Waals surface area contributed by atoms with Crippen LogP contribution in [0.3, 0.4) is 0 Å². The number of hydrogen-bond donors (Lipinski definition) is 27. The lowest BCUT2D eigenvalue weighted by Gasteiger charge is -2.45. The molecule has 0 amide bonds. The van der Waals surface area contributed by atoms with Crippen molar-refractivity contribution in [3.8, 4) is 155 Å². The van der Waals surface area contributed by atoms with Crippen LogP contribution >= 0.6 is 0 Å². The molecule has 10 aromatic rings. The fourth-order valence-corrected chi connectivity index (χ4v) is 15.6. The van der Waals surface area contributed by atoms with Crippen molar-refractivity contribution in [2.75, 3.05) is 0 Å². The van der Waals surface area contributed by atoms with Crippen LogP contribution in [0.5, 0.6) is 155 Å². The van der Waals surface area contributed by atoms with E-state index in [0.717, 1.165) is 66.7 Å². The minimum Gasteiger partial charge on any atom is -0.508 e. The van der Waals surface area contributed by atoms with Crippen molar-refractivity contribution in [2.24, 2.45) is 0 Å². The Morgan fingerprint density at radius 3 is 0.888 bits per heavy atom. The second-order valence-corrected chi connectivity index (χ2v) is 26.6. The van der Waals surface area contributed by atoms with Gasteiger partial charge in [0.05, 0.1) is 29.8 Å². The summed E-state index contributed by atoms with van der Waals surface area (Å²) in [5.41, 5.74) is -7.10. The van der Waals surface area contributed by atoms with Crippen LogP contribution in [0.15, 0.2) is 115 Å². The molecule has 0 saturated heterocycles. The Morgan fingerprint density at radius 1 is 0.224 bits per heavy atom. The maximum atomic E-state index is 13.4. The minimum atomic E-state index is -2.48. The average molecular weight is 1480 g/mol. The molecule has 27 N–H and O–H groups in total. The zero-order chi connectivity index (χ0) is 76.4. The van der Waals surface area contributed by atoms with E-state index in [4.69, 9.17) is 23.7 Å². The Bertz CT molecular complexity index is 5300. The molecule has 32 heteroatoms. The number of phenolic OH excluding ortho intramolecular Hbond substituents is 22. The Labute approximate surface area is 598 Å². The van der Waals surface area contributed by atoms with Crippen LogP contribution in [0.2, 0.25) is 0 Å². The van der Waals surface area contributed by atoms with Gasteiger partial charge in [0.15, 0.2) is 87.7 Å². The molecule has 5 aliphatic heterocycles. The summed E-state index contributed by atoms with van der Waals surface area (Å²) in [6.07, 6.45) is -21.1. The first kappa shape index (κ1) is 69.3. The SMILES string of the molecule is Oc1ccc(C2Oc3cc(O)cc(O)c3C(c3c(O)cc(O)c4c3OC(c3cc(O)c(O)c(O)c3)C(O)C4c3c(O)cc(O)c4c3OC(c3cc(O)c(O)c(O)c3)C(O)C4c3c(O)cc(O)c4c3OC(c3cc(O)c(O)c(O)c3)C(O)C4c3c(O)cc(O)c4c3OC(c3ccc(O)c(O)c3)C(O)C4)C2O)cc1. The topological polar surface area (TPSA) is 592 Å². The number of fused-ring (bicyclic) bond motifs is 5. The Balaban J connectivity index is 1.02. The maximum absolute atomic E-state index is 13.4. The van der Waals surface area contributed by atoms with Gasteiger partial charge in [0.2, 0.25) is 0 Å². The molecule has 0 aliphatic carbocycles. The molecule has 0 spiro atoms. The average Bonchev–Trinajstić information content (AvgIpc) is 0.705. The van der Waals surface area contributed by atoms with Gasteiger partial charge < -0.3 is 162 Å². The Hall–Kier alpha value is -13.4. The third-order valence-electron chi connectivity index (χ3n) is 20.3. The number of benzene rings is 10. The zero-order valence-corrected chi connectivity index (χ0v) is 54.4. The number of phenols is 22. The third kappa shape index (κ3) is 10.8. The van der Waals surface area contributed by atoms with Crippen molar-refractivity contribution in [1.82, 2.24) is 0 Å². The number of aliphatic hydroxyl groups excluding tert-OH is 5. The molecular formula is C75H62O32. The lowest BCUT2D eigenvalue weighted by Crippen LogP contribution is -2.40. The lowest BCUT2D eigenvalue weighted by molar-refractivity contribution is -0.0102. The fraction of sp³-hybridized carbons (Fsp3) is 0.200. The van der Waals surface area contributed by atoms with Crippen molar-refractivity contribution < 1.29 is 162 Å². The summed E-state index contributed by atoms with van der Waals surface area (Å²) in [6, 6.07) is 17.6. The van der Waals surface area contributed by atoms with Crippen LogP contribution < -0.4 is 23.7 Å². The molecule has 0 fully saturated rings. The highest BCUT2D eigenvalue weighted by molar-refractivity contribution is 5.75. The first-order valence-corrected chi connectivity index (χ1v) is 32.4. The van der Waals surface area contributed by atoms with Gasteiger partial charge in [0.1, 0.15) is 123 Å². The molecular weight excluding hydrogens is 1410 g/mol. The van der Waals surface area contributed by atoms with Crippen molar-refractivity contribution >= 4 is 0 Å². The van der Waals surface area contributed by atoms with Crippen LogP contribution in [0.1, 0.15) is 132 Å². The van der Waals surface area contributed by atoms with Crippen molar-refractivity contribution in [1.29, 1.82) is 0 Å². The largest absolute Gasteiger partial charge is 0.508 e. The third-order valence-corrected chi connectivity index (χ3v) is 20.3. The predicted octanol–water partition coefficient (Wildman–Crippen LogP) is 6.75. The fourth-order valence-electron chi connectivity index (χ4n) is 15.6. The van der Waals surface area contributed by atoms with Gasteiger partial charge in [-0.05, 0) is 71.8 Å². The summed E-state index contributed by atoms with van der Waals surface area (Å²) in [5, 5.41) is 317. The van der Waals surface area contributed by atoms with Gasteiger partial charge in [0, 0.05) is 110 Å². The molecule has 0 aromatic heterocycles. The van der Waals surface area contributed by atoms with Crippen molar-refractivity contribution in [2.45, 2.75) is 91.1 Å². The normalized spacial score (nSPS) is 24.0. The second kappa shape index (κ2) is 24.9. The van der Waals surface area contributed by atoms with E-state index < -0.39 is 291 Å². The zero-order valence-electron chi connectivity index (χ0n) is 54.4. The molecule has 15 rings (SSSR count). The van der Waals surface area contributed by atoms with Crippen LogP contribution in [-0.4, -0.2) is 168 Å². The van der Waals surface area contributed by atoms with E-state index >= 15 is 0 Å². The smallest absolute Gasteiger partial charge is 0.200 e. The van der Waals surface area contributed by atoms with Gasteiger partial charge in [-0.15, -0.1) is 0 Å². The molecule has 0 bridgehead atoms. The molecule has 0 saturated carbocycles. The van der Waals surface area contributed by atoms with Gasteiger partial charge in [-0.25, -0.2) is 0 Å². The van der Waals surface area contributed by atoms with Crippen molar-refractivity contribution in [3.63, 3.8) is 0 Å². The van der Waals surface area contributed by atoms with E-state index in [9.17, 15) is 138 Å². The number of rotatable bonds is 9. The van der Waals surface area contributed by atoms with Crippen molar-refractivity contribution in [3.05, 3.63) is 193 Å². The minimum absolute atomic E-state index is 0.0171. The maximum Gasteiger partial charge on any atom is 0.200 e. The number of ether oxygens (including phenoxy) is 5. The second-order valence-electron chi connectivity index (χ2n) is 26.6. The van der Waals surface area contributed by atoms with E-state index in [1.807, 2.05) is 0 Å². The van der Waals surface area contributed by atoms with Gasteiger partial charge in [0.25, 0.3) is 0 Å². The molecule has 107 heavy (non-hydrogen) atoms. The summed E-state index contributed by atoms with van der Waals surface area (Å²) in [6.45, 7) is 0. The van der Waals surface area contributed by atoms with Gasteiger partial charge in [-0.3, -0.25) is 0 Å². The van der Waals surface area contributed by atoms with Crippen LogP contribution in [0, 0.1) is 0 Å². The first-order valence-electron chi connectivity index (χ1n) is 32.4. The molecule has 554 valence electrons. The Kier molecular flexibility index (Phi) is 16.1. The van der Waals surface area contributed by atoms with E-state index in [1.165, 1.54) is 30.3 Å². The summed E-state index contributed by atoms with van der Waals surface area (Å²) in [7, 11) is 0. The van der Waals surface area contributed by atoms with Gasteiger partial charge in [-0.1, -0.05) is 18.2 Å². The van der Waals surface area contributed by atoms with E-state index in [0.29, 0.717) is 18.2 Å². The molecule has 5 aliphatic rings. The number of aliphatic hydroxyl groups is 5. The molecule has 32 nitrogen and oxygen atoms in total. The standard InChI is InChI=1S/C75H62O32/c76-26-4-1-21(2-5-26)68-63(99)56(48-32(81)14-27(77)15-47(48)103-68)50-34(83)18-36(85)52-58(65(101)70(105-73(50)52)24-10-42(91)61(97)43(92)11-24)54-38(87)20-39(88)55-59(66(102)71(107-75(54)55)25-12-44(93)62(98)45(94)13-25)53-37(86)19-35(84)51-57(64(100)69(106-74(51)53)23-8-40(89)60(96)41(90)9-23)49-33(82)17-30(79)28-16-46(95)67(104-72(28)49)22-3-6-29(78)31(80)7-22/h1-15,17-20,46,56-59,63-71,76-102H,16H2. The monoisotopic (exact) mass is 1470 g/mol. The van der Waals surface area contributed by atoms with E-state index in [2.05, 4.69) is 0 Å². The summed E-state index contributed by atoms with van der Waals surface area (Å²) in [4.78, 5) is 0. The molecule has 14 atom stereocenters. The van der Waals surface area contributed by atoms with Crippen LogP contribution in [0.4, 0.5) is 0 Å². The summed E-state index contributed by atoms with van der Waals surface area (Å²) < 4.78 is 32.6. The highest BCUT2D eigenvalue weighted by Crippen LogP contribution is 2.67. The first-order chi connectivity index (χ1) is 50.7. The molecule has 0 radical (unpaired) electrons. The van der Waals surface area contributed by atoms with Gasteiger partial charge in [-0.2, -0.15) is 0 Å². The summed E-state index contributed by atoms with van der Waals surface area (Å²) >= 11 is 0. The molecule has 14 unspecified atom stereocenters. The molecule has 10 aromatic carbocycles. The lowest BCUT2D eigenvalue weighted by atomic mass is 9.71. The van der Waals surface area contributed by atoms with Crippen LogP contribution in [-0.2, 0) is 6.42 Å². The number of aromatic hydroxyl groups is 22. The van der Waals surface area contributed by atoms with E-state index in [1.54, 1.807) is 0 Å².